The van der Waals surface area contributed by atoms with Gasteiger partial charge in [0.15, 0.2) is 5.82 Å². The maximum atomic E-state index is 16.3. The molecular formula is C26H29F3N4O2S2. The summed E-state index contributed by atoms with van der Waals surface area (Å²) in [7, 11) is 1.50. The van der Waals surface area contributed by atoms with E-state index in [0.29, 0.717) is 28.9 Å². The molecule has 0 amide bonds. The highest BCUT2D eigenvalue weighted by Crippen LogP contribution is 2.39. The van der Waals surface area contributed by atoms with Gasteiger partial charge in [-0.15, -0.1) is 11.8 Å². The zero-order chi connectivity index (χ0) is 26.4. The monoisotopic (exact) mass is 550 g/mol. The predicted molar refractivity (Wildman–Crippen MR) is 144 cm³/mol. The van der Waals surface area contributed by atoms with Gasteiger partial charge in [-0.3, -0.25) is 14.6 Å². The largest absolute Gasteiger partial charge is 0.353 e. The van der Waals surface area contributed by atoms with Gasteiger partial charge in [-0.1, -0.05) is 11.9 Å². The number of aromatic nitrogens is 1. The second-order valence-corrected chi connectivity index (χ2v) is 11.7. The molecule has 0 bridgehead atoms. The molecule has 1 atom stereocenters. The minimum atomic E-state index is -0.934. The van der Waals surface area contributed by atoms with Crippen LogP contribution in [0.2, 0.25) is 0 Å². The number of thioether (sulfide) groups is 1. The zero-order valence-electron chi connectivity index (χ0n) is 20.9. The molecule has 198 valence electrons. The third-order valence-electron chi connectivity index (χ3n) is 6.97. The number of hydrogen-bond donors (Lipinski definition) is 1. The average Bonchev–Trinajstić information content (AvgIpc) is 3.71. The lowest BCUT2D eigenvalue weighted by Crippen LogP contribution is -2.46. The molecule has 2 aromatic carbocycles. The van der Waals surface area contributed by atoms with Crippen molar-refractivity contribution in [2.75, 3.05) is 42.4 Å². The van der Waals surface area contributed by atoms with Gasteiger partial charge in [0.1, 0.15) is 17.5 Å². The lowest BCUT2D eigenvalue weighted by Gasteiger charge is -2.36. The Bertz CT molecular complexity index is 1390. The van der Waals surface area contributed by atoms with Crippen molar-refractivity contribution >= 4 is 46.0 Å². The summed E-state index contributed by atoms with van der Waals surface area (Å²) in [5.74, 6) is -1.63. The molecule has 1 unspecified atom stereocenters. The quantitative estimate of drug-likeness (QED) is 0.235. The molecule has 2 fully saturated rings. The van der Waals surface area contributed by atoms with E-state index in [9.17, 15) is 18.8 Å². The van der Waals surface area contributed by atoms with Gasteiger partial charge in [0, 0.05) is 48.8 Å². The molecule has 2 heterocycles. The molecule has 5 rings (SSSR count). The Balaban J connectivity index is 1.57. The average molecular weight is 551 g/mol. The van der Waals surface area contributed by atoms with Crippen LogP contribution in [0, 0.1) is 17.5 Å². The molecule has 37 heavy (non-hydrogen) atoms. The summed E-state index contributed by atoms with van der Waals surface area (Å²) < 4.78 is 48.4. The first kappa shape index (κ1) is 26.3. The van der Waals surface area contributed by atoms with E-state index in [-0.39, 0.29) is 22.2 Å². The number of benzene rings is 2. The van der Waals surface area contributed by atoms with E-state index in [0.717, 1.165) is 30.3 Å². The summed E-state index contributed by atoms with van der Waals surface area (Å²) >= 11 is 3.09. The fraction of sp³-hybridized carbons (Fsp3) is 0.423. The highest BCUT2D eigenvalue weighted by atomic mass is 32.2. The first-order valence-electron chi connectivity index (χ1n) is 12.2. The van der Waals surface area contributed by atoms with E-state index >= 15 is 4.39 Å². The van der Waals surface area contributed by atoms with Crippen LogP contribution in [0.1, 0.15) is 31.4 Å². The van der Waals surface area contributed by atoms with Crippen molar-refractivity contribution in [3.63, 3.8) is 0 Å². The summed E-state index contributed by atoms with van der Waals surface area (Å²) in [6, 6.07) is 5.17. The zero-order valence-corrected chi connectivity index (χ0v) is 22.5. The van der Waals surface area contributed by atoms with Crippen molar-refractivity contribution in [3.05, 3.63) is 63.7 Å². The molecule has 3 aromatic rings. The van der Waals surface area contributed by atoms with Crippen LogP contribution >= 0.6 is 23.7 Å². The molecule has 6 nitrogen and oxygen atoms in total. The second kappa shape index (κ2) is 10.4. The van der Waals surface area contributed by atoms with Crippen LogP contribution in [0.4, 0.5) is 24.7 Å². The SMILES string of the molecule is CSc1cc(F)ccc1N(O)C(C)c1cc(F)cc2c(=O)n(C)c(N3CCN(SC4CC4)CC3)c(F)c12. The molecule has 1 saturated carbocycles. The Morgan fingerprint density at radius 2 is 1.76 bits per heavy atom. The first-order chi connectivity index (χ1) is 17.7. The molecule has 1 saturated heterocycles. The smallest absolute Gasteiger partial charge is 0.260 e. The molecule has 11 heteroatoms. The van der Waals surface area contributed by atoms with Gasteiger partial charge in [-0.05, 0) is 61.9 Å². The first-order valence-corrected chi connectivity index (χ1v) is 14.3. The Morgan fingerprint density at radius 1 is 1.05 bits per heavy atom. The van der Waals surface area contributed by atoms with Gasteiger partial charge in [0.05, 0.1) is 17.1 Å². The van der Waals surface area contributed by atoms with E-state index in [1.165, 1.54) is 54.4 Å². The van der Waals surface area contributed by atoms with Gasteiger partial charge in [0.2, 0.25) is 0 Å². The number of anilines is 2. The molecule has 1 aliphatic heterocycles. The number of hydrogen-bond acceptors (Lipinski definition) is 7. The standard InChI is InChI=1S/C26H29F3N4O2S2/c1-15(33(35)21-7-4-16(27)14-22(21)36-3)19-12-17(28)13-20-23(19)24(29)25(30(2)26(20)34)31-8-10-32(11-9-31)37-18-5-6-18/h4,7,12-15,18,35H,5-6,8-11H2,1-3H3. The third-order valence-corrected chi connectivity index (χ3v) is 9.17. The highest BCUT2D eigenvalue weighted by Gasteiger charge is 2.31. The van der Waals surface area contributed by atoms with Crippen LogP contribution in [0.25, 0.3) is 10.8 Å². The van der Waals surface area contributed by atoms with E-state index < -0.39 is 29.1 Å². The molecule has 0 radical (unpaired) electrons. The van der Waals surface area contributed by atoms with Crippen molar-refractivity contribution < 1.29 is 18.4 Å². The molecule has 0 spiro atoms. The van der Waals surface area contributed by atoms with Crippen LogP contribution < -0.4 is 15.5 Å². The van der Waals surface area contributed by atoms with E-state index in [2.05, 4.69) is 4.31 Å². The van der Waals surface area contributed by atoms with E-state index in [1.54, 1.807) is 13.2 Å². The van der Waals surface area contributed by atoms with Crippen LogP contribution in [-0.2, 0) is 7.05 Å². The topological polar surface area (TPSA) is 52.0 Å². The van der Waals surface area contributed by atoms with Crippen LogP contribution in [0.3, 0.4) is 0 Å². The van der Waals surface area contributed by atoms with Gasteiger partial charge >= 0.3 is 0 Å². The van der Waals surface area contributed by atoms with Crippen molar-refractivity contribution in [1.29, 1.82) is 0 Å². The minimum absolute atomic E-state index is 0.0198. The summed E-state index contributed by atoms with van der Waals surface area (Å²) in [5.41, 5.74) is -0.0778. The highest BCUT2D eigenvalue weighted by molar-refractivity contribution is 7.98. The number of rotatable bonds is 7. The number of piperazine rings is 1. The fourth-order valence-corrected chi connectivity index (χ4v) is 6.57. The fourth-order valence-electron chi connectivity index (χ4n) is 4.83. The van der Waals surface area contributed by atoms with Crippen molar-refractivity contribution in [3.8, 4) is 0 Å². The number of pyridine rings is 1. The number of hydroxylamine groups is 1. The molecule has 1 aliphatic carbocycles. The Hall–Kier alpha value is -2.34. The van der Waals surface area contributed by atoms with Gasteiger partial charge < -0.3 is 4.90 Å². The van der Waals surface area contributed by atoms with Crippen molar-refractivity contribution in [2.24, 2.45) is 7.05 Å². The maximum Gasteiger partial charge on any atom is 0.260 e. The number of halogens is 3. The minimum Gasteiger partial charge on any atom is -0.353 e. The van der Waals surface area contributed by atoms with Crippen molar-refractivity contribution in [2.45, 2.75) is 36.0 Å². The number of fused-ring (bicyclic) bond motifs is 1. The van der Waals surface area contributed by atoms with Crippen LogP contribution in [0.5, 0.6) is 0 Å². The van der Waals surface area contributed by atoms with Crippen molar-refractivity contribution in [1.82, 2.24) is 8.87 Å². The van der Waals surface area contributed by atoms with Crippen LogP contribution in [-0.4, -0.2) is 51.8 Å². The summed E-state index contributed by atoms with van der Waals surface area (Å²) in [4.78, 5) is 15.7. The van der Waals surface area contributed by atoms with E-state index in [1.807, 2.05) is 16.8 Å². The molecule has 2 aliphatic rings. The maximum absolute atomic E-state index is 16.3. The number of nitrogens with zero attached hydrogens (tertiary/aromatic N) is 4. The third kappa shape index (κ3) is 5.06. The predicted octanol–water partition coefficient (Wildman–Crippen LogP) is 5.57. The van der Waals surface area contributed by atoms with Gasteiger partial charge in [0.25, 0.3) is 5.56 Å². The lowest BCUT2D eigenvalue weighted by molar-refractivity contribution is 0.221. The van der Waals surface area contributed by atoms with Gasteiger partial charge in [-0.25, -0.2) is 22.5 Å². The van der Waals surface area contributed by atoms with Gasteiger partial charge in [-0.2, -0.15) is 0 Å². The summed E-state index contributed by atoms with van der Waals surface area (Å²) in [6.07, 6.45) is 4.20. The summed E-state index contributed by atoms with van der Waals surface area (Å²) in [6.45, 7) is 4.19. The Morgan fingerprint density at radius 3 is 2.41 bits per heavy atom. The Labute approximate surface area is 222 Å². The molecule has 1 aromatic heterocycles. The normalized spacial score (nSPS) is 17.4. The molecular weight excluding hydrogens is 521 g/mol. The van der Waals surface area contributed by atoms with Crippen LogP contribution in [0.15, 0.2) is 40.0 Å². The molecule has 1 N–H and O–H groups in total. The van der Waals surface area contributed by atoms with E-state index in [4.69, 9.17) is 0 Å². The Kier molecular flexibility index (Phi) is 7.41. The lowest BCUT2D eigenvalue weighted by atomic mass is 9.98. The summed E-state index contributed by atoms with van der Waals surface area (Å²) in [5, 5.41) is 12.5. The second-order valence-electron chi connectivity index (χ2n) is 9.48.